The van der Waals surface area contributed by atoms with Crippen molar-refractivity contribution in [1.29, 1.82) is 0 Å². The van der Waals surface area contributed by atoms with Crippen molar-refractivity contribution in [2.75, 3.05) is 0 Å². The van der Waals surface area contributed by atoms with Gasteiger partial charge in [-0.3, -0.25) is 4.55 Å². The molecule has 0 rings (SSSR count). The van der Waals surface area contributed by atoms with Crippen molar-refractivity contribution in [2.45, 2.75) is 47.0 Å². The molecular weight excluding hydrogens is 506 g/mol. The van der Waals surface area contributed by atoms with E-state index in [-0.39, 0.29) is 18.9 Å². The molecule has 178 valence electrons. The van der Waals surface area contributed by atoms with E-state index in [2.05, 4.69) is 0 Å². The van der Waals surface area contributed by atoms with Crippen LogP contribution in [0.4, 0.5) is 74.6 Å². The number of halogens is 17. The van der Waals surface area contributed by atoms with Crippen molar-refractivity contribution < 1.29 is 87.6 Å². The van der Waals surface area contributed by atoms with Gasteiger partial charge in [0.25, 0.3) is 0 Å². The fraction of sp³-hybridized carbons (Fsp3) is 1.00. The second-order valence-corrected chi connectivity index (χ2v) is 6.40. The summed E-state index contributed by atoms with van der Waals surface area (Å²) in [6, 6.07) is 0. The van der Waals surface area contributed by atoms with Gasteiger partial charge in [-0.05, 0) is 0 Å². The zero-order chi connectivity index (χ0) is 24.5. The van der Waals surface area contributed by atoms with Gasteiger partial charge in [-0.1, -0.05) is 0 Å². The molecule has 0 fully saturated rings. The molecule has 0 heterocycles. The van der Waals surface area contributed by atoms with E-state index < -0.39 is 57.1 Å². The van der Waals surface area contributed by atoms with Crippen molar-refractivity contribution in [3.8, 4) is 0 Å². The van der Waals surface area contributed by atoms with Crippen LogP contribution in [0.3, 0.4) is 0 Å². The van der Waals surface area contributed by atoms with E-state index in [0.29, 0.717) is 0 Å². The summed E-state index contributed by atoms with van der Waals surface area (Å²) in [6.07, 6.45) is -7.88. The zero-order valence-corrected chi connectivity index (χ0v) is 12.9. The summed E-state index contributed by atoms with van der Waals surface area (Å²) in [5.41, 5.74) is 0. The second-order valence-electron chi connectivity index (χ2n) is 4.94. The topological polar surface area (TPSA) is 54.4 Å². The molecule has 0 aliphatic carbocycles. The van der Waals surface area contributed by atoms with Crippen LogP contribution in [0.5, 0.6) is 0 Å². The quantitative estimate of drug-likeness (QED) is 0.319. The van der Waals surface area contributed by atoms with E-state index in [1.54, 1.807) is 0 Å². The maximum absolute atomic E-state index is 13.0. The Morgan fingerprint density at radius 3 is 0.833 bits per heavy atom. The Balaban J connectivity index is 0. The molecule has 0 saturated carbocycles. The molecule has 22 heteroatoms. The second kappa shape index (κ2) is 7.43. The van der Waals surface area contributed by atoms with Crippen molar-refractivity contribution in [3.05, 3.63) is 0 Å². The molecule has 0 aliphatic rings. The van der Waals surface area contributed by atoms with E-state index in [1.807, 2.05) is 0 Å². The summed E-state index contributed by atoms with van der Waals surface area (Å²) in [4.78, 5) is 0. The Labute approximate surface area is 164 Å². The molecule has 0 atom stereocenters. The molecule has 0 aromatic carbocycles. The van der Waals surface area contributed by atoms with Gasteiger partial charge in [0, 0.05) is 0 Å². The molecule has 0 saturated heterocycles. The van der Waals surface area contributed by atoms with Crippen molar-refractivity contribution >= 4 is 29.0 Å². The predicted octanol–water partition coefficient (Wildman–Crippen LogP) is 4.19. The molecule has 3 nitrogen and oxygen atoms in total. The summed E-state index contributed by atoms with van der Waals surface area (Å²) in [6.45, 7) is 0. The molecule has 0 radical (unpaired) electrons. The van der Waals surface area contributed by atoms with Gasteiger partial charge >= 0.3 is 75.9 Å². The van der Waals surface area contributed by atoms with Crippen molar-refractivity contribution in [3.63, 3.8) is 0 Å². The Morgan fingerprint density at radius 1 is 0.433 bits per heavy atom. The van der Waals surface area contributed by atoms with Crippen LogP contribution in [-0.2, 0) is 10.1 Å². The van der Waals surface area contributed by atoms with Crippen LogP contribution in [0.15, 0.2) is 0 Å². The first-order chi connectivity index (χ1) is 12.0. The van der Waals surface area contributed by atoms with Crippen molar-refractivity contribution in [1.82, 2.24) is 0 Å². The summed E-state index contributed by atoms with van der Waals surface area (Å²) >= 11 is 0. The maximum atomic E-state index is 13.0. The Kier molecular flexibility index (Phi) is 7.81. The molecule has 0 aliphatic heterocycles. The Hall–Kier alpha value is -0.683. The zero-order valence-electron chi connectivity index (χ0n) is 12.1. The standard InChI is InChI=1S/C8HF17O3S.Li.H/c9-1(10,3(13,14)5(17,18)7(21,22)23)2(11,12)4(15,16)6(19,20)8(24,25)29(26,27)28;;/h(H,26,27,28);;. The van der Waals surface area contributed by atoms with Crippen LogP contribution < -0.4 is 0 Å². The molecule has 0 aromatic heterocycles. The molecule has 0 aromatic rings. The van der Waals surface area contributed by atoms with Crippen LogP contribution in [0, 0.1) is 0 Å². The number of rotatable bonds is 7. The van der Waals surface area contributed by atoms with Gasteiger partial charge in [0.2, 0.25) is 0 Å². The van der Waals surface area contributed by atoms with Gasteiger partial charge in [0.05, 0.1) is 0 Å². The first-order valence-electron chi connectivity index (χ1n) is 5.68. The van der Waals surface area contributed by atoms with Gasteiger partial charge in [-0.2, -0.15) is 83.1 Å². The molecule has 1 N–H and O–H groups in total. The third kappa shape index (κ3) is 3.72. The number of hydrogen-bond acceptors (Lipinski definition) is 2. The van der Waals surface area contributed by atoms with Crippen LogP contribution in [0.25, 0.3) is 0 Å². The summed E-state index contributed by atoms with van der Waals surface area (Å²) in [7, 11) is -7.89. The third-order valence-corrected chi connectivity index (χ3v) is 3.92. The molecule has 0 bridgehead atoms. The average Bonchev–Trinajstić information content (AvgIpc) is 2.43. The molecule has 30 heavy (non-hydrogen) atoms. The van der Waals surface area contributed by atoms with Crippen LogP contribution in [0.1, 0.15) is 0 Å². The monoisotopic (exact) mass is 508 g/mol. The fourth-order valence-electron chi connectivity index (χ4n) is 1.31. The number of alkyl halides is 17. The minimum atomic E-state index is -8.89. The van der Waals surface area contributed by atoms with Crippen LogP contribution in [-0.4, -0.2) is 78.8 Å². The fourth-order valence-corrected chi connectivity index (χ4v) is 1.76. The molecule has 0 spiro atoms. The van der Waals surface area contributed by atoms with Gasteiger partial charge in [0.15, 0.2) is 0 Å². The number of hydrogen-bond donors (Lipinski definition) is 1. The molecule has 0 amide bonds. The van der Waals surface area contributed by atoms with E-state index in [9.17, 15) is 83.1 Å². The normalized spacial score (nSPS) is 16.3. The van der Waals surface area contributed by atoms with Crippen molar-refractivity contribution in [2.24, 2.45) is 0 Å². The van der Waals surface area contributed by atoms with E-state index in [4.69, 9.17) is 4.55 Å². The van der Waals surface area contributed by atoms with E-state index in [1.165, 1.54) is 0 Å². The summed E-state index contributed by atoms with van der Waals surface area (Å²) < 4.78 is 242. The first kappa shape index (κ1) is 31.5. The van der Waals surface area contributed by atoms with Crippen LogP contribution in [0.2, 0.25) is 0 Å². The SMILES string of the molecule is O=S(=O)(O)C(F)(F)C(F)(F)C(F)(F)C(F)(F)C(F)(F)C(F)(F)C(F)(F)C(F)(F)F.[LiH]. The van der Waals surface area contributed by atoms with Crippen LogP contribution >= 0.6 is 0 Å². The summed E-state index contributed by atoms with van der Waals surface area (Å²) in [5, 5.41) is -7.84. The Morgan fingerprint density at radius 2 is 0.633 bits per heavy atom. The van der Waals surface area contributed by atoms with Gasteiger partial charge in [-0.25, -0.2) is 0 Å². The van der Waals surface area contributed by atoms with E-state index >= 15 is 0 Å². The minimum absolute atomic E-state index is 0. The molecule has 0 unspecified atom stereocenters. The van der Waals surface area contributed by atoms with Gasteiger partial charge in [0.1, 0.15) is 0 Å². The van der Waals surface area contributed by atoms with Gasteiger partial charge < -0.3 is 0 Å². The van der Waals surface area contributed by atoms with E-state index in [0.717, 1.165) is 0 Å². The summed E-state index contributed by atoms with van der Waals surface area (Å²) in [5.74, 6) is -52.0. The molecular formula is C8H2F17LiO3S. The van der Waals surface area contributed by atoms with Gasteiger partial charge in [-0.15, -0.1) is 0 Å². The third-order valence-electron chi connectivity index (χ3n) is 3.02. The first-order valence-corrected chi connectivity index (χ1v) is 7.12. The Bertz CT molecular complexity index is 739. The predicted molar refractivity (Wildman–Crippen MR) is 59.4 cm³/mol. The average molecular weight is 508 g/mol.